The number of morpholine rings is 1. The van der Waals surface area contributed by atoms with E-state index in [-0.39, 0.29) is 42.9 Å². The molecule has 0 radical (unpaired) electrons. The molecular formula is C26H32ClN5O5S. The minimum absolute atomic E-state index is 0.0707. The molecule has 0 aliphatic carbocycles. The zero-order valence-corrected chi connectivity index (χ0v) is 22.7. The number of nitrogens with one attached hydrogen (secondary N) is 2. The van der Waals surface area contributed by atoms with Crippen molar-refractivity contribution < 1.29 is 22.7 Å². The van der Waals surface area contributed by atoms with Crippen LogP contribution in [0.2, 0.25) is 5.02 Å². The average Bonchev–Trinajstić information content (AvgIpc) is 3.30. The van der Waals surface area contributed by atoms with E-state index in [1.807, 2.05) is 30.3 Å². The predicted molar refractivity (Wildman–Crippen MR) is 146 cm³/mol. The molecule has 10 nitrogen and oxygen atoms in total. The van der Waals surface area contributed by atoms with Gasteiger partial charge in [-0.15, -0.1) is 0 Å². The second-order valence-electron chi connectivity index (χ2n) is 9.77. The summed E-state index contributed by atoms with van der Waals surface area (Å²) in [5.41, 5.74) is 6.63. The number of nitrogens with zero attached hydrogens (tertiary/aromatic N) is 2. The fourth-order valence-corrected chi connectivity index (χ4v) is 7.01. The first-order valence-electron chi connectivity index (χ1n) is 12.6. The maximum Gasteiger partial charge on any atom is 0.266 e. The van der Waals surface area contributed by atoms with Gasteiger partial charge in [-0.05, 0) is 57.2 Å². The molecule has 0 unspecified atom stereocenters. The topological polar surface area (TPSA) is 130 Å². The number of primary amides is 1. The molecule has 3 aromatic rings. The van der Waals surface area contributed by atoms with Crippen LogP contribution in [-0.4, -0.2) is 87.1 Å². The summed E-state index contributed by atoms with van der Waals surface area (Å²) in [5.74, 6) is -0.193. The summed E-state index contributed by atoms with van der Waals surface area (Å²) in [6.45, 7) is 2.48. The van der Waals surface area contributed by atoms with Gasteiger partial charge in [-0.2, -0.15) is 4.31 Å². The average molecular weight is 562 g/mol. The van der Waals surface area contributed by atoms with Crippen molar-refractivity contribution in [2.75, 3.05) is 51.8 Å². The van der Waals surface area contributed by atoms with Crippen molar-refractivity contribution in [1.82, 2.24) is 14.2 Å². The maximum absolute atomic E-state index is 14.0. The third-order valence-corrected chi connectivity index (χ3v) is 9.20. The quantitative estimate of drug-likeness (QED) is 0.385. The predicted octanol–water partition coefficient (Wildman–Crippen LogP) is 2.89. The van der Waals surface area contributed by atoms with Crippen molar-refractivity contribution in [1.29, 1.82) is 0 Å². The van der Waals surface area contributed by atoms with E-state index in [0.29, 0.717) is 27.4 Å². The Morgan fingerprint density at radius 2 is 1.95 bits per heavy atom. The Morgan fingerprint density at radius 1 is 1.21 bits per heavy atom. The molecule has 3 heterocycles. The summed E-state index contributed by atoms with van der Waals surface area (Å²) in [4.78, 5) is 17.6. The summed E-state index contributed by atoms with van der Waals surface area (Å²) >= 11 is 6.46. The molecule has 38 heavy (non-hydrogen) atoms. The monoisotopic (exact) mass is 561 g/mol. The Hall–Kier alpha value is -2.83. The van der Waals surface area contributed by atoms with Crippen LogP contribution in [0, 0.1) is 0 Å². The van der Waals surface area contributed by atoms with Crippen LogP contribution in [0.5, 0.6) is 5.75 Å². The normalized spacial score (nSPS) is 20.0. The molecule has 0 bridgehead atoms. The number of para-hydroxylation sites is 1. The summed E-state index contributed by atoms with van der Waals surface area (Å²) in [7, 11) is -2.06. The van der Waals surface area contributed by atoms with Crippen molar-refractivity contribution in [3.8, 4) is 5.75 Å². The van der Waals surface area contributed by atoms with Gasteiger partial charge in [-0.3, -0.25) is 4.79 Å². The molecule has 5 rings (SSSR count). The molecular weight excluding hydrogens is 530 g/mol. The lowest BCUT2D eigenvalue weighted by Gasteiger charge is -2.32. The van der Waals surface area contributed by atoms with Gasteiger partial charge in [-0.25, -0.2) is 8.42 Å². The number of aromatic amines is 1. The molecule has 2 aromatic carbocycles. The second kappa shape index (κ2) is 11.1. The van der Waals surface area contributed by atoms with Crippen LogP contribution in [0.25, 0.3) is 10.9 Å². The number of aromatic nitrogens is 1. The number of rotatable bonds is 8. The second-order valence-corrected chi connectivity index (χ2v) is 12.1. The number of benzene rings is 2. The van der Waals surface area contributed by atoms with Crippen LogP contribution in [0.3, 0.4) is 0 Å². The number of likely N-dealkylation sites (tertiary alicyclic amines) is 1. The van der Waals surface area contributed by atoms with E-state index >= 15 is 0 Å². The van der Waals surface area contributed by atoms with Crippen molar-refractivity contribution in [3.05, 3.63) is 53.2 Å². The molecule has 1 aromatic heterocycles. The standard InChI is InChI=1S/C26H32ClN5O5S/c1-31-9-7-18(8-10-31)29-22-14-17(27)13-21-23(22)30-24(26(28)33)25(21)38(34,35)32-11-12-36-20(15-32)16-37-19-5-3-2-4-6-19/h2-6,13-14,18,20,29-30H,7-12,15-16H2,1H3,(H2,28,33)/t20-/m0/s1. The zero-order valence-electron chi connectivity index (χ0n) is 21.2. The van der Waals surface area contributed by atoms with E-state index in [0.717, 1.165) is 25.9 Å². The van der Waals surface area contributed by atoms with E-state index in [1.54, 1.807) is 12.1 Å². The molecule has 4 N–H and O–H groups in total. The van der Waals surface area contributed by atoms with E-state index in [9.17, 15) is 13.2 Å². The number of ether oxygens (including phenoxy) is 2. The van der Waals surface area contributed by atoms with Gasteiger partial charge in [-0.1, -0.05) is 29.8 Å². The van der Waals surface area contributed by atoms with Crippen LogP contribution in [0.1, 0.15) is 23.3 Å². The number of fused-ring (bicyclic) bond motifs is 1. The highest BCUT2D eigenvalue weighted by Crippen LogP contribution is 2.37. The first kappa shape index (κ1) is 26.8. The largest absolute Gasteiger partial charge is 0.491 e. The van der Waals surface area contributed by atoms with E-state index < -0.39 is 22.0 Å². The van der Waals surface area contributed by atoms with Gasteiger partial charge in [0.1, 0.15) is 29.0 Å². The molecule has 1 amide bonds. The Balaban J connectivity index is 1.45. The van der Waals surface area contributed by atoms with Gasteiger partial charge in [0.15, 0.2) is 0 Å². The summed E-state index contributed by atoms with van der Waals surface area (Å²) < 4.78 is 40.8. The number of hydrogen-bond acceptors (Lipinski definition) is 7. The van der Waals surface area contributed by atoms with Crippen LogP contribution in [-0.2, 0) is 14.8 Å². The lowest BCUT2D eigenvalue weighted by Crippen LogP contribution is -2.47. The van der Waals surface area contributed by atoms with Crippen molar-refractivity contribution in [2.24, 2.45) is 5.73 Å². The van der Waals surface area contributed by atoms with Crippen molar-refractivity contribution in [3.63, 3.8) is 0 Å². The highest BCUT2D eigenvalue weighted by Gasteiger charge is 2.37. The van der Waals surface area contributed by atoms with Crippen LogP contribution >= 0.6 is 11.6 Å². The number of anilines is 1. The molecule has 0 spiro atoms. The molecule has 1 atom stereocenters. The number of carbonyl (C=O) groups is 1. The number of carbonyl (C=O) groups excluding carboxylic acids is 1. The van der Waals surface area contributed by atoms with Crippen LogP contribution < -0.4 is 15.8 Å². The highest BCUT2D eigenvalue weighted by atomic mass is 35.5. The van der Waals surface area contributed by atoms with E-state index in [4.69, 9.17) is 26.8 Å². The van der Waals surface area contributed by atoms with E-state index in [2.05, 4.69) is 22.2 Å². The number of H-pyrrole nitrogens is 1. The Kier molecular flexibility index (Phi) is 7.83. The number of hydrogen-bond donors (Lipinski definition) is 3. The summed E-state index contributed by atoms with van der Waals surface area (Å²) in [5, 5.41) is 4.18. The number of halogens is 1. The van der Waals surface area contributed by atoms with Crippen molar-refractivity contribution >= 4 is 44.1 Å². The van der Waals surface area contributed by atoms with Gasteiger partial charge in [0.2, 0.25) is 10.0 Å². The SMILES string of the molecule is CN1CCC(Nc2cc(Cl)cc3c(S(=O)(=O)N4CCO[C@H](COc5ccccc5)C4)c(C(N)=O)[nH]c23)CC1. The number of amides is 1. The molecule has 2 aliphatic heterocycles. The minimum Gasteiger partial charge on any atom is -0.491 e. The summed E-state index contributed by atoms with van der Waals surface area (Å²) in [6.07, 6.45) is 1.38. The van der Waals surface area contributed by atoms with Gasteiger partial charge < -0.3 is 30.4 Å². The van der Waals surface area contributed by atoms with Crippen LogP contribution in [0.15, 0.2) is 47.4 Å². The lowest BCUT2D eigenvalue weighted by molar-refractivity contribution is -0.0249. The molecule has 2 aliphatic rings. The molecule has 12 heteroatoms. The van der Waals surface area contributed by atoms with Gasteiger partial charge in [0, 0.05) is 29.5 Å². The van der Waals surface area contributed by atoms with Gasteiger partial charge in [0.25, 0.3) is 5.91 Å². The third-order valence-electron chi connectivity index (χ3n) is 7.03. The Labute approximate surface area is 227 Å². The number of sulfonamides is 1. The molecule has 0 saturated carbocycles. The smallest absolute Gasteiger partial charge is 0.266 e. The molecule has 2 fully saturated rings. The van der Waals surface area contributed by atoms with Crippen LogP contribution in [0.4, 0.5) is 5.69 Å². The maximum atomic E-state index is 14.0. The van der Waals surface area contributed by atoms with E-state index in [1.165, 1.54) is 4.31 Å². The molecule has 204 valence electrons. The third kappa shape index (κ3) is 5.62. The Morgan fingerprint density at radius 3 is 2.66 bits per heavy atom. The fraction of sp³-hybridized carbons (Fsp3) is 0.423. The summed E-state index contributed by atoms with van der Waals surface area (Å²) in [6, 6.07) is 12.7. The highest BCUT2D eigenvalue weighted by molar-refractivity contribution is 7.89. The van der Waals surface area contributed by atoms with Crippen molar-refractivity contribution in [2.45, 2.75) is 29.9 Å². The fourth-order valence-electron chi connectivity index (χ4n) is 5.01. The zero-order chi connectivity index (χ0) is 26.9. The minimum atomic E-state index is -4.14. The first-order chi connectivity index (χ1) is 18.2. The van der Waals surface area contributed by atoms with Gasteiger partial charge in [0.05, 0.1) is 17.8 Å². The first-order valence-corrected chi connectivity index (χ1v) is 14.4. The number of piperidine rings is 1. The lowest BCUT2D eigenvalue weighted by atomic mass is 10.0. The number of nitrogens with two attached hydrogens (primary N) is 1. The molecule has 2 saturated heterocycles. The Bertz CT molecular complexity index is 1410. The van der Waals surface area contributed by atoms with Gasteiger partial charge >= 0.3 is 0 Å².